The molecule has 0 spiro atoms. The van der Waals surface area contributed by atoms with Gasteiger partial charge >= 0.3 is 5.97 Å². The van der Waals surface area contributed by atoms with Crippen LogP contribution in [-0.4, -0.2) is 37.0 Å². The molecule has 0 radical (unpaired) electrons. The molecular formula is C14H17N3O5. The first-order valence-corrected chi connectivity index (χ1v) is 6.85. The van der Waals surface area contributed by atoms with Crippen molar-refractivity contribution in [3.05, 3.63) is 33.9 Å². The van der Waals surface area contributed by atoms with Crippen LogP contribution < -0.4 is 10.6 Å². The lowest BCUT2D eigenvalue weighted by Crippen LogP contribution is -2.42. The van der Waals surface area contributed by atoms with Crippen molar-refractivity contribution >= 4 is 23.3 Å². The number of anilines is 1. The van der Waals surface area contributed by atoms with Crippen molar-refractivity contribution in [2.75, 3.05) is 25.1 Å². The Kier molecular flexibility index (Phi) is 4.59. The first-order valence-electron chi connectivity index (χ1n) is 6.85. The molecule has 2 N–H and O–H groups in total. The topological polar surface area (TPSA) is 116 Å². The molecule has 1 aromatic rings. The Balaban J connectivity index is 2.49. The Hall–Kier alpha value is -2.64. The van der Waals surface area contributed by atoms with Crippen LogP contribution in [0.15, 0.2) is 18.2 Å². The molecule has 22 heavy (non-hydrogen) atoms. The Bertz CT molecular complexity index is 616. The van der Waals surface area contributed by atoms with Crippen LogP contribution in [-0.2, 0) is 9.53 Å². The highest BCUT2D eigenvalue weighted by Crippen LogP contribution is 2.35. The number of carbonyl (C=O) groups is 2. The molecule has 0 bridgehead atoms. The monoisotopic (exact) mass is 307 g/mol. The molecule has 1 unspecified atom stereocenters. The maximum atomic E-state index is 11.9. The maximum absolute atomic E-state index is 11.9. The molecule has 1 aliphatic rings. The van der Waals surface area contributed by atoms with Gasteiger partial charge < -0.3 is 15.4 Å². The third-order valence-corrected chi connectivity index (χ3v) is 3.76. The molecule has 1 amide bonds. The fourth-order valence-electron chi connectivity index (χ4n) is 2.70. The van der Waals surface area contributed by atoms with Crippen LogP contribution in [0, 0.1) is 16.0 Å². The number of primary amides is 1. The predicted molar refractivity (Wildman–Crippen MR) is 78.6 cm³/mol. The van der Waals surface area contributed by atoms with E-state index in [1.807, 2.05) is 0 Å². The molecule has 1 aliphatic heterocycles. The van der Waals surface area contributed by atoms with Gasteiger partial charge in [-0.2, -0.15) is 0 Å². The van der Waals surface area contributed by atoms with E-state index in [0.29, 0.717) is 19.4 Å². The van der Waals surface area contributed by atoms with Gasteiger partial charge in [0.1, 0.15) is 5.69 Å². The number of nitro groups is 1. The molecule has 8 nitrogen and oxygen atoms in total. The molecule has 1 fully saturated rings. The summed E-state index contributed by atoms with van der Waals surface area (Å²) in [5.41, 5.74) is 5.45. The number of hydrogen-bond acceptors (Lipinski definition) is 6. The highest BCUT2D eigenvalue weighted by Gasteiger charge is 2.31. The van der Waals surface area contributed by atoms with Crippen molar-refractivity contribution < 1.29 is 19.2 Å². The van der Waals surface area contributed by atoms with Gasteiger partial charge in [-0.3, -0.25) is 14.9 Å². The highest BCUT2D eigenvalue weighted by molar-refractivity contribution is 5.98. The van der Waals surface area contributed by atoms with Crippen molar-refractivity contribution in [1.82, 2.24) is 0 Å². The third kappa shape index (κ3) is 3.00. The number of nitrogens with two attached hydrogens (primary N) is 1. The van der Waals surface area contributed by atoms with Crippen molar-refractivity contribution in [2.45, 2.75) is 12.8 Å². The van der Waals surface area contributed by atoms with Gasteiger partial charge in [0.25, 0.3) is 5.69 Å². The minimum atomic E-state index is -0.653. The van der Waals surface area contributed by atoms with Crippen LogP contribution in [0.4, 0.5) is 11.4 Å². The van der Waals surface area contributed by atoms with Gasteiger partial charge in [0.05, 0.1) is 23.5 Å². The van der Waals surface area contributed by atoms with E-state index >= 15 is 0 Å². The molecule has 0 aliphatic carbocycles. The number of benzene rings is 1. The van der Waals surface area contributed by atoms with Gasteiger partial charge in [-0.05, 0) is 18.9 Å². The van der Waals surface area contributed by atoms with E-state index in [9.17, 15) is 19.7 Å². The lowest BCUT2D eigenvalue weighted by Gasteiger charge is -2.33. The number of rotatable bonds is 4. The Morgan fingerprint density at radius 1 is 1.45 bits per heavy atom. The summed E-state index contributed by atoms with van der Waals surface area (Å²) >= 11 is 0. The van der Waals surface area contributed by atoms with Crippen LogP contribution in [0.3, 0.4) is 0 Å². The average Bonchev–Trinajstić information content (AvgIpc) is 2.53. The Morgan fingerprint density at radius 3 is 2.77 bits per heavy atom. The van der Waals surface area contributed by atoms with Gasteiger partial charge in [0.15, 0.2) is 0 Å². The van der Waals surface area contributed by atoms with E-state index in [-0.39, 0.29) is 29.4 Å². The molecule has 118 valence electrons. The summed E-state index contributed by atoms with van der Waals surface area (Å²) in [5, 5.41) is 11.3. The van der Waals surface area contributed by atoms with Gasteiger partial charge in [-0.1, -0.05) is 6.07 Å². The number of nitrogens with zero attached hydrogens (tertiary/aromatic N) is 2. The molecule has 1 atom stereocenters. The summed E-state index contributed by atoms with van der Waals surface area (Å²) in [6.07, 6.45) is 1.31. The zero-order valence-electron chi connectivity index (χ0n) is 12.2. The van der Waals surface area contributed by atoms with E-state index in [2.05, 4.69) is 0 Å². The first-order chi connectivity index (χ1) is 10.5. The summed E-state index contributed by atoms with van der Waals surface area (Å²) in [6, 6.07) is 4.24. The maximum Gasteiger partial charge on any atom is 0.340 e. The minimum Gasteiger partial charge on any atom is -0.465 e. The van der Waals surface area contributed by atoms with Crippen LogP contribution in [0.2, 0.25) is 0 Å². The molecule has 1 aromatic carbocycles. The Morgan fingerprint density at radius 2 is 2.18 bits per heavy atom. The fourth-order valence-corrected chi connectivity index (χ4v) is 2.70. The van der Waals surface area contributed by atoms with Crippen LogP contribution in [0.1, 0.15) is 23.2 Å². The van der Waals surface area contributed by atoms with Crippen LogP contribution >= 0.6 is 0 Å². The summed E-state index contributed by atoms with van der Waals surface area (Å²) in [4.78, 5) is 35.7. The highest BCUT2D eigenvalue weighted by atomic mass is 16.6. The first kappa shape index (κ1) is 15.7. The van der Waals surface area contributed by atoms with Crippen molar-refractivity contribution in [3.63, 3.8) is 0 Å². The summed E-state index contributed by atoms with van der Waals surface area (Å²) < 4.78 is 4.70. The zero-order chi connectivity index (χ0) is 16.3. The Labute approximate surface area is 127 Å². The summed E-state index contributed by atoms with van der Waals surface area (Å²) in [6.45, 7) is 0.767. The fraction of sp³-hybridized carbons (Fsp3) is 0.429. The minimum absolute atomic E-state index is 0.113. The largest absolute Gasteiger partial charge is 0.465 e. The number of methoxy groups -OCH3 is 1. The molecule has 8 heteroatoms. The number of piperidine rings is 1. The second kappa shape index (κ2) is 6.42. The van der Waals surface area contributed by atoms with Gasteiger partial charge in [0, 0.05) is 19.2 Å². The van der Waals surface area contributed by atoms with E-state index < -0.39 is 16.8 Å². The lowest BCUT2D eigenvalue weighted by atomic mass is 9.96. The van der Waals surface area contributed by atoms with Crippen molar-refractivity contribution in [3.8, 4) is 0 Å². The number of ether oxygens (including phenoxy) is 1. The van der Waals surface area contributed by atoms with Crippen LogP contribution in [0.25, 0.3) is 0 Å². The van der Waals surface area contributed by atoms with E-state index in [1.165, 1.54) is 25.3 Å². The second-order valence-electron chi connectivity index (χ2n) is 5.11. The van der Waals surface area contributed by atoms with Gasteiger partial charge in [-0.25, -0.2) is 4.79 Å². The molecule has 1 saturated heterocycles. The summed E-state index contributed by atoms with van der Waals surface area (Å²) in [5.74, 6) is -1.48. The molecule has 0 saturated carbocycles. The van der Waals surface area contributed by atoms with Crippen molar-refractivity contribution in [1.29, 1.82) is 0 Å². The third-order valence-electron chi connectivity index (χ3n) is 3.76. The number of hydrogen-bond donors (Lipinski definition) is 1. The number of esters is 1. The molecule has 1 heterocycles. The second-order valence-corrected chi connectivity index (χ2v) is 5.11. The standard InChI is InChI=1S/C14H17N3O5/c1-22-14(19)10-5-2-6-11(17(20)21)12(10)16-7-3-4-9(8-16)13(15)18/h2,5-6,9H,3-4,7-8H2,1H3,(H2,15,18). The van der Waals surface area contributed by atoms with E-state index in [0.717, 1.165) is 0 Å². The number of para-hydroxylation sites is 1. The van der Waals surface area contributed by atoms with Crippen molar-refractivity contribution in [2.24, 2.45) is 11.7 Å². The quantitative estimate of drug-likeness (QED) is 0.505. The normalized spacial score (nSPS) is 17.9. The van der Waals surface area contributed by atoms with E-state index in [4.69, 9.17) is 10.5 Å². The number of nitro benzene ring substituents is 1. The van der Waals surface area contributed by atoms with Crippen LogP contribution in [0.5, 0.6) is 0 Å². The van der Waals surface area contributed by atoms with E-state index in [1.54, 1.807) is 4.90 Å². The average molecular weight is 307 g/mol. The molecular weight excluding hydrogens is 290 g/mol. The zero-order valence-corrected chi connectivity index (χ0v) is 12.2. The smallest absolute Gasteiger partial charge is 0.340 e. The molecule has 0 aromatic heterocycles. The summed E-state index contributed by atoms with van der Waals surface area (Å²) in [7, 11) is 1.22. The van der Waals surface area contributed by atoms with Gasteiger partial charge in [-0.15, -0.1) is 0 Å². The lowest BCUT2D eigenvalue weighted by molar-refractivity contribution is -0.384. The molecule has 2 rings (SSSR count). The predicted octanol–water partition coefficient (Wildman–Crippen LogP) is 1.08. The van der Waals surface area contributed by atoms with Gasteiger partial charge in [0.2, 0.25) is 5.91 Å². The number of amides is 1. The SMILES string of the molecule is COC(=O)c1cccc([N+](=O)[O-])c1N1CCCC(C(N)=O)C1. The number of carbonyl (C=O) groups excluding carboxylic acids is 2.